The molecule has 2 heterocycles. The van der Waals surface area contributed by atoms with Gasteiger partial charge in [-0.25, -0.2) is 0 Å². The van der Waals surface area contributed by atoms with Gasteiger partial charge in [0.05, 0.1) is 31.5 Å². The molecule has 0 aromatic heterocycles. The zero-order chi connectivity index (χ0) is 30.9. The summed E-state index contributed by atoms with van der Waals surface area (Å²) < 4.78 is 18.3. The average Bonchev–Trinajstić information content (AvgIpc) is 3.44. The summed E-state index contributed by atoms with van der Waals surface area (Å²) in [6.45, 7) is 11.7. The van der Waals surface area contributed by atoms with Crippen molar-refractivity contribution in [3.63, 3.8) is 0 Å². The van der Waals surface area contributed by atoms with Crippen molar-refractivity contribution in [2.24, 2.45) is 52.3 Å². The third-order valence-electron chi connectivity index (χ3n) is 13.9. The molecule has 6 rings (SSSR count). The molecule has 6 aliphatic rings. The smallest absolute Gasteiger partial charge is 0.186 e. The van der Waals surface area contributed by atoms with Crippen molar-refractivity contribution >= 4 is 0 Å². The lowest BCUT2D eigenvalue weighted by atomic mass is 9.46. The number of aliphatic hydroxyl groups excluding tert-OH is 5. The molecule has 2 saturated heterocycles. The number of allylic oxidation sites excluding steroid dienone is 2. The molecule has 43 heavy (non-hydrogen) atoms. The fourth-order valence-electron chi connectivity index (χ4n) is 11.2. The van der Waals surface area contributed by atoms with Crippen molar-refractivity contribution in [2.45, 2.75) is 135 Å². The van der Waals surface area contributed by atoms with Gasteiger partial charge >= 0.3 is 0 Å². The Balaban J connectivity index is 1.09. The van der Waals surface area contributed by atoms with E-state index in [9.17, 15) is 25.5 Å². The van der Waals surface area contributed by atoms with Gasteiger partial charge in [-0.1, -0.05) is 46.3 Å². The number of hydrogen-bond donors (Lipinski definition) is 5. The first-order valence-electron chi connectivity index (χ1n) is 17.3. The molecule has 0 radical (unpaired) electrons. The summed E-state index contributed by atoms with van der Waals surface area (Å²) in [6.07, 6.45) is 6.90. The Kier molecular flexibility index (Phi) is 8.95. The molecule has 16 atom stereocenters. The summed E-state index contributed by atoms with van der Waals surface area (Å²) in [6, 6.07) is 0. The van der Waals surface area contributed by atoms with Crippen LogP contribution in [-0.2, 0) is 14.2 Å². The zero-order valence-corrected chi connectivity index (χ0v) is 27.0. The third-order valence-corrected chi connectivity index (χ3v) is 13.9. The van der Waals surface area contributed by atoms with Crippen molar-refractivity contribution in [1.82, 2.24) is 0 Å². The molecule has 2 aliphatic heterocycles. The maximum absolute atomic E-state index is 10.8. The highest BCUT2D eigenvalue weighted by molar-refractivity contribution is 5.26. The van der Waals surface area contributed by atoms with Gasteiger partial charge in [0.1, 0.15) is 24.4 Å². The van der Waals surface area contributed by atoms with Crippen LogP contribution in [0.15, 0.2) is 11.6 Å². The zero-order valence-electron chi connectivity index (χ0n) is 27.0. The van der Waals surface area contributed by atoms with Crippen LogP contribution in [-0.4, -0.2) is 87.8 Å². The lowest BCUT2D eigenvalue weighted by molar-refractivity contribution is -0.303. The van der Waals surface area contributed by atoms with E-state index in [0.717, 1.165) is 37.0 Å². The molecule has 0 aromatic rings. The highest BCUT2D eigenvalue weighted by atomic mass is 16.7. The molecule has 246 valence electrons. The minimum atomic E-state index is -1.45. The van der Waals surface area contributed by atoms with Gasteiger partial charge in [0.25, 0.3) is 0 Å². The normalized spacial score (nSPS) is 53.4. The van der Waals surface area contributed by atoms with Crippen LogP contribution in [0.3, 0.4) is 0 Å². The standard InChI is InChI=1S/C35H58O8/c1-19-8-11-33(4)22(14-19)6-7-23-24(33)10-12-34(5)25(23)15-26-28(34)21(3)35(18-37,43-26)13-9-20(2)17-41-32-31(40)30(39)29(38)27(16-36)42-32/h6,19-21,23-32,36-40H,7-18H2,1-5H3/t19-,20+,21+,23?,24?,25?,26?,27?,28?,29+,30+,31?,32+,33-,34-,35?/m0/s1. The highest BCUT2D eigenvalue weighted by Gasteiger charge is 2.67. The van der Waals surface area contributed by atoms with Gasteiger partial charge < -0.3 is 39.7 Å². The number of hydrogen-bond acceptors (Lipinski definition) is 8. The first kappa shape index (κ1) is 32.4. The summed E-state index contributed by atoms with van der Waals surface area (Å²) in [5.74, 6) is 3.83. The largest absolute Gasteiger partial charge is 0.394 e. The van der Waals surface area contributed by atoms with Crippen LogP contribution in [0.4, 0.5) is 0 Å². The number of aliphatic hydroxyl groups is 5. The molecular formula is C35H58O8. The van der Waals surface area contributed by atoms with E-state index in [2.05, 4.69) is 40.7 Å². The Labute approximate surface area is 258 Å². The maximum atomic E-state index is 10.8. The van der Waals surface area contributed by atoms with E-state index in [1.54, 1.807) is 5.57 Å². The summed E-state index contributed by atoms with van der Waals surface area (Å²) >= 11 is 0. The fraction of sp³-hybridized carbons (Fsp3) is 0.943. The van der Waals surface area contributed by atoms with Crippen molar-refractivity contribution < 1.29 is 39.7 Å². The van der Waals surface area contributed by atoms with Crippen LogP contribution in [0, 0.1) is 52.3 Å². The van der Waals surface area contributed by atoms with Gasteiger partial charge in [0.15, 0.2) is 6.29 Å². The minimum Gasteiger partial charge on any atom is -0.394 e. The Hall–Kier alpha value is -0.580. The van der Waals surface area contributed by atoms with Gasteiger partial charge in [-0.2, -0.15) is 0 Å². The maximum Gasteiger partial charge on any atom is 0.186 e. The van der Waals surface area contributed by atoms with Crippen LogP contribution in [0.1, 0.15) is 92.4 Å². The predicted molar refractivity (Wildman–Crippen MR) is 162 cm³/mol. The van der Waals surface area contributed by atoms with Gasteiger partial charge in [-0.15, -0.1) is 0 Å². The fourth-order valence-corrected chi connectivity index (χ4v) is 11.2. The van der Waals surface area contributed by atoms with E-state index in [-0.39, 0.29) is 36.6 Å². The molecule has 8 nitrogen and oxygen atoms in total. The monoisotopic (exact) mass is 606 g/mol. The van der Waals surface area contributed by atoms with E-state index in [1.807, 2.05) is 0 Å². The van der Waals surface area contributed by atoms with Crippen molar-refractivity contribution in [1.29, 1.82) is 0 Å². The Bertz CT molecular complexity index is 1030. The molecule has 3 saturated carbocycles. The lowest BCUT2D eigenvalue weighted by Crippen LogP contribution is -2.59. The van der Waals surface area contributed by atoms with Gasteiger partial charge in [-0.05, 0) is 110 Å². The molecular weight excluding hydrogens is 548 g/mol. The second kappa shape index (κ2) is 11.9. The molecule has 5 N–H and O–H groups in total. The molecule has 8 heteroatoms. The van der Waals surface area contributed by atoms with Crippen LogP contribution >= 0.6 is 0 Å². The number of fused-ring (bicyclic) bond motifs is 7. The topological polar surface area (TPSA) is 129 Å². The van der Waals surface area contributed by atoms with Gasteiger partial charge in [0, 0.05) is 0 Å². The Morgan fingerprint density at radius 3 is 2.51 bits per heavy atom. The summed E-state index contributed by atoms with van der Waals surface area (Å²) in [5.41, 5.74) is 1.80. The van der Waals surface area contributed by atoms with Crippen molar-refractivity contribution in [3.05, 3.63) is 11.6 Å². The van der Waals surface area contributed by atoms with E-state index in [4.69, 9.17) is 14.2 Å². The summed E-state index contributed by atoms with van der Waals surface area (Å²) in [4.78, 5) is 0. The number of rotatable bonds is 8. The SMILES string of the molecule is C[C@H](CCC1(CO)OC2CC3C4CC=C5C[C@@H](C)CC[C@]5(C)C4CC[C@]3(C)C2[C@H]1C)CO[C@@H]1OC(CO)[C@@H](O)[C@@H](O)C1O. The molecule has 0 spiro atoms. The second-order valence-corrected chi connectivity index (χ2v) is 16.3. The quantitative estimate of drug-likeness (QED) is 0.264. The molecule has 5 fully saturated rings. The van der Waals surface area contributed by atoms with Crippen molar-refractivity contribution in [2.75, 3.05) is 19.8 Å². The molecule has 0 bridgehead atoms. The van der Waals surface area contributed by atoms with Gasteiger partial charge in [0.2, 0.25) is 0 Å². The van der Waals surface area contributed by atoms with E-state index in [0.29, 0.717) is 17.3 Å². The first-order chi connectivity index (χ1) is 20.4. The number of ether oxygens (including phenoxy) is 3. The first-order valence-corrected chi connectivity index (χ1v) is 17.3. The van der Waals surface area contributed by atoms with Crippen molar-refractivity contribution in [3.8, 4) is 0 Å². The molecule has 0 aromatic carbocycles. The highest BCUT2D eigenvalue weighted by Crippen LogP contribution is 2.70. The van der Waals surface area contributed by atoms with E-state index in [1.165, 1.54) is 38.5 Å². The average molecular weight is 607 g/mol. The van der Waals surface area contributed by atoms with Crippen LogP contribution in [0.2, 0.25) is 0 Å². The van der Waals surface area contributed by atoms with E-state index >= 15 is 0 Å². The predicted octanol–water partition coefficient (Wildman–Crippen LogP) is 3.81. The minimum absolute atomic E-state index is 0.0105. The molecule has 4 aliphatic carbocycles. The lowest BCUT2D eigenvalue weighted by Gasteiger charge is -2.58. The Morgan fingerprint density at radius 2 is 1.79 bits per heavy atom. The van der Waals surface area contributed by atoms with Crippen LogP contribution < -0.4 is 0 Å². The Morgan fingerprint density at radius 1 is 1.02 bits per heavy atom. The summed E-state index contributed by atoms with van der Waals surface area (Å²) in [7, 11) is 0. The third kappa shape index (κ3) is 5.18. The van der Waals surface area contributed by atoms with Crippen LogP contribution in [0.5, 0.6) is 0 Å². The summed E-state index contributed by atoms with van der Waals surface area (Å²) in [5, 5.41) is 50.7. The molecule has 0 amide bonds. The van der Waals surface area contributed by atoms with Gasteiger partial charge in [-0.3, -0.25) is 0 Å². The molecule has 8 unspecified atom stereocenters. The van der Waals surface area contributed by atoms with E-state index < -0.39 is 42.9 Å². The second-order valence-electron chi connectivity index (χ2n) is 16.3. The van der Waals surface area contributed by atoms with Crippen LogP contribution in [0.25, 0.3) is 0 Å².